The van der Waals surface area contributed by atoms with Crippen molar-refractivity contribution in [2.45, 2.75) is 32.7 Å². The summed E-state index contributed by atoms with van der Waals surface area (Å²) < 4.78 is 61.1. The van der Waals surface area contributed by atoms with E-state index in [1.807, 2.05) is 25.7 Å². The van der Waals surface area contributed by atoms with Gasteiger partial charge in [-0.2, -0.15) is 21.6 Å². The number of halogens is 3. The molecule has 8 heteroatoms. The predicted octanol–water partition coefficient (Wildman–Crippen LogP) is 3.36. The maximum atomic E-state index is 12.4. The Bertz CT molecular complexity index is 582. The van der Waals surface area contributed by atoms with Gasteiger partial charge in [0.2, 0.25) is 0 Å². The SMILES string of the molecule is CCc1ccc(NS(=O)(=O)C(F)(F)F)cc1N(CC)CC. The highest BCUT2D eigenvalue weighted by molar-refractivity contribution is 7.93. The van der Waals surface area contributed by atoms with Crippen LogP contribution in [0.1, 0.15) is 26.3 Å². The molecule has 0 amide bonds. The van der Waals surface area contributed by atoms with Crippen molar-refractivity contribution in [1.82, 2.24) is 0 Å². The zero-order valence-electron chi connectivity index (χ0n) is 12.2. The van der Waals surface area contributed by atoms with E-state index in [1.165, 1.54) is 12.1 Å². The minimum Gasteiger partial charge on any atom is -0.372 e. The van der Waals surface area contributed by atoms with Crippen LogP contribution in [-0.2, 0) is 16.4 Å². The quantitative estimate of drug-likeness (QED) is 0.873. The molecule has 0 heterocycles. The number of hydrogen-bond donors (Lipinski definition) is 1. The number of nitrogens with one attached hydrogen (secondary N) is 1. The summed E-state index contributed by atoms with van der Waals surface area (Å²) in [4.78, 5) is 1.96. The van der Waals surface area contributed by atoms with Gasteiger partial charge in [-0.05, 0) is 38.0 Å². The Morgan fingerprint density at radius 3 is 2.14 bits per heavy atom. The Balaban J connectivity index is 3.21. The van der Waals surface area contributed by atoms with Gasteiger partial charge in [-0.1, -0.05) is 13.0 Å². The highest BCUT2D eigenvalue weighted by Crippen LogP contribution is 2.29. The first-order valence-electron chi connectivity index (χ1n) is 6.63. The molecule has 0 saturated heterocycles. The van der Waals surface area contributed by atoms with Crippen molar-refractivity contribution in [3.05, 3.63) is 23.8 Å². The predicted molar refractivity (Wildman–Crippen MR) is 78.0 cm³/mol. The maximum Gasteiger partial charge on any atom is 0.516 e. The second-order valence-corrected chi connectivity index (χ2v) is 6.09. The molecule has 0 atom stereocenters. The van der Waals surface area contributed by atoms with Crippen LogP contribution in [-0.4, -0.2) is 27.0 Å². The topological polar surface area (TPSA) is 49.4 Å². The molecule has 0 radical (unpaired) electrons. The van der Waals surface area contributed by atoms with Crippen molar-refractivity contribution in [2.24, 2.45) is 0 Å². The van der Waals surface area contributed by atoms with Gasteiger partial charge in [0.15, 0.2) is 0 Å². The van der Waals surface area contributed by atoms with E-state index in [0.717, 1.165) is 11.3 Å². The first kappa shape index (κ1) is 17.6. The molecule has 0 aliphatic heterocycles. The fraction of sp³-hybridized carbons (Fsp3) is 0.538. The molecule has 0 aliphatic carbocycles. The molecule has 0 bridgehead atoms. The van der Waals surface area contributed by atoms with Gasteiger partial charge in [-0.25, -0.2) is 0 Å². The summed E-state index contributed by atoms with van der Waals surface area (Å²) in [6.45, 7) is 7.14. The molecule has 1 rings (SSSR count). The Hall–Kier alpha value is -1.44. The smallest absolute Gasteiger partial charge is 0.372 e. The lowest BCUT2D eigenvalue weighted by atomic mass is 10.1. The summed E-state index contributed by atoms with van der Waals surface area (Å²) in [6, 6.07) is 4.42. The molecule has 0 fully saturated rings. The third-order valence-electron chi connectivity index (χ3n) is 3.13. The van der Waals surface area contributed by atoms with E-state index in [2.05, 4.69) is 0 Å². The van der Waals surface area contributed by atoms with Gasteiger partial charge in [0.1, 0.15) is 0 Å². The van der Waals surface area contributed by atoms with Crippen LogP contribution in [0.5, 0.6) is 0 Å². The normalized spacial score (nSPS) is 12.3. The number of alkyl halides is 3. The van der Waals surface area contributed by atoms with Crippen molar-refractivity contribution < 1.29 is 21.6 Å². The fourth-order valence-electron chi connectivity index (χ4n) is 2.00. The molecule has 1 aromatic carbocycles. The highest BCUT2D eigenvalue weighted by atomic mass is 32.2. The molecular formula is C13H19F3N2O2S. The molecular weight excluding hydrogens is 305 g/mol. The Morgan fingerprint density at radius 2 is 1.71 bits per heavy atom. The van der Waals surface area contributed by atoms with Crippen LogP contribution in [0.25, 0.3) is 0 Å². The molecule has 1 N–H and O–H groups in total. The van der Waals surface area contributed by atoms with Gasteiger partial charge in [-0.3, -0.25) is 4.72 Å². The van der Waals surface area contributed by atoms with E-state index in [4.69, 9.17) is 0 Å². The van der Waals surface area contributed by atoms with Crippen LogP contribution in [0.4, 0.5) is 24.5 Å². The van der Waals surface area contributed by atoms with E-state index in [0.29, 0.717) is 19.5 Å². The first-order chi connectivity index (χ1) is 9.66. The summed E-state index contributed by atoms with van der Waals surface area (Å²) in [7, 11) is -5.39. The minimum atomic E-state index is -5.39. The Morgan fingerprint density at radius 1 is 1.14 bits per heavy atom. The number of sulfonamides is 1. The molecule has 21 heavy (non-hydrogen) atoms. The van der Waals surface area contributed by atoms with Gasteiger partial charge in [0.25, 0.3) is 0 Å². The number of aryl methyl sites for hydroxylation is 1. The second-order valence-electron chi connectivity index (χ2n) is 4.42. The molecule has 0 saturated carbocycles. The van der Waals surface area contributed by atoms with E-state index >= 15 is 0 Å². The fourth-order valence-corrected chi connectivity index (χ4v) is 2.55. The highest BCUT2D eigenvalue weighted by Gasteiger charge is 2.46. The van der Waals surface area contributed by atoms with Gasteiger partial charge in [0, 0.05) is 18.8 Å². The van der Waals surface area contributed by atoms with Crippen LogP contribution >= 0.6 is 0 Å². The van der Waals surface area contributed by atoms with Crippen molar-refractivity contribution >= 4 is 21.4 Å². The maximum absolute atomic E-state index is 12.4. The average Bonchev–Trinajstić information content (AvgIpc) is 2.39. The van der Waals surface area contributed by atoms with Crippen molar-refractivity contribution in [3.63, 3.8) is 0 Å². The molecule has 0 aromatic heterocycles. The molecule has 0 spiro atoms. The van der Waals surface area contributed by atoms with Crippen LogP contribution in [0.3, 0.4) is 0 Å². The van der Waals surface area contributed by atoms with E-state index in [-0.39, 0.29) is 5.69 Å². The van der Waals surface area contributed by atoms with Crippen molar-refractivity contribution in [2.75, 3.05) is 22.7 Å². The summed E-state index contributed by atoms with van der Waals surface area (Å²) >= 11 is 0. The minimum absolute atomic E-state index is 0.0913. The molecule has 0 unspecified atom stereocenters. The number of anilines is 2. The number of benzene rings is 1. The number of rotatable bonds is 6. The van der Waals surface area contributed by atoms with E-state index in [1.54, 1.807) is 10.8 Å². The van der Waals surface area contributed by atoms with Crippen LogP contribution in [0, 0.1) is 0 Å². The Labute approximate surface area is 123 Å². The lowest BCUT2D eigenvalue weighted by Gasteiger charge is -2.25. The molecule has 1 aromatic rings. The zero-order chi connectivity index (χ0) is 16.3. The summed E-state index contributed by atoms with van der Waals surface area (Å²) in [5.74, 6) is 0. The number of nitrogens with zero attached hydrogens (tertiary/aromatic N) is 1. The molecule has 0 aliphatic rings. The summed E-state index contributed by atoms with van der Waals surface area (Å²) in [5, 5.41) is 0. The third-order valence-corrected chi connectivity index (χ3v) is 4.24. The van der Waals surface area contributed by atoms with Crippen molar-refractivity contribution in [1.29, 1.82) is 0 Å². The monoisotopic (exact) mass is 324 g/mol. The largest absolute Gasteiger partial charge is 0.516 e. The van der Waals surface area contributed by atoms with Crippen LogP contribution in [0.15, 0.2) is 18.2 Å². The summed E-state index contributed by atoms with van der Waals surface area (Å²) in [6.07, 6.45) is 0.706. The zero-order valence-corrected chi connectivity index (χ0v) is 13.0. The van der Waals surface area contributed by atoms with E-state index < -0.39 is 15.5 Å². The Kier molecular flexibility index (Phi) is 5.49. The van der Waals surface area contributed by atoms with Crippen LogP contribution < -0.4 is 9.62 Å². The molecule has 120 valence electrons. The van der Waals surface area contributed by atoms with E-state index in [9.17, 15) is 21.6 Å². The van der Waals surface area contributed by atoms with Gasteiger partial charge >= 0.3 is 15.5 Å². The third kappa shape index (κ3) is 4.03. The molecule has 4 nitrogen and oxygen atoms in total. The van der Waals surface area contributed by atoms with Gasteiger partial charge in [0.05, 0.1) is 5.69 Å². The lowest BCUT2D eigenvalue weighted by Crippen LogP contribution is -2.30. The number of hydrogen-bond acceptors (Lipinski definition) is 3. The van der Waals surface area contributed by atoms with Crippen LogP contribution in [0.2, 0.25) is 0 Å². The summed E-state index contributed by atoms with van der Waals surface area (Å²) in [5.41, 5.74) is -3.73. The van der Waals surface area contributed by atoms with Gasteiger partial charge in [-0.15, -0.1) is 0 Å². The van der Waals surface area contributed by atoms with Crippen molar-refractivity contribution in [3.8, 4) is 0 Å². The van der Waals surface area contributed by atoms with Gasteiger partial charge < -0.3 is 4.90 Å². The lowest BCUT2D eigenvalue weighted by molar-refractivity contribution is -0.0429. The average molecular weight is 324 g/mol. The standard InChI is InChI=1S/C13H19F3N2O2S/c1-4-10-7-8-11(9-12(10)18(5-2)6-3)17-21(19,20)13(14,15)16/h7-9,17H,4-6H2,1-3H3. The first-order valence-corrected chi connectivity index (χ1v) is 8.11. The second kappa shape index (κ2) is 6.55.